The van der Waals surface area contributed by atoms with Crippen molar-refractivity contribution in [1.29, 1.82) is 0 Å². The molecular weight excluding hydrogens is 462 g/mol. The van der Waals surface area contributed by atoms with Crippen molar-refractivity contribution in [2.24, 2.45) is 4.99 Å². The molecule has 0 aliphatic heterocycles. The molecule has 0 unspecified atom stereocenters. The van der Waals surface area contributed by atoms with Gasteiger partial charge in [0.1, 0.15) is 5.15 Å². The Morgan fingerprint density at radius 2 is 1.79 bits per heavy atom. The van der Waals surface area contributed by atoms with E-state index in [1.807, 2.05) is 71.9 Å². The molecule has 2 aromatic carbocycles. The molecule has 5 rings (SSSR count). The van der Waals surface area contributed by atoms with Crippen LogP contribution in [0.25, 0.3) is 0 Å². The maximum absolute atomic E-state index is 13.7. The predicted octanol–water partition coefficient (Wildman–Crippen LogP) is 6.67. The molecule has 1 amide bonds. The molecule has 170 valence electrons. The number of nitrogens with zero attached hydrogens (tertiary/aromatic N) is 3. The van der Waals surface area contributed by atoms with E-state index in [9.17, 15) is 4.79 Å². The minimum absolute atomic E-state index is 0.0109. The van der Waals surface area contributed by atoms with Gasteiger partial charge < -0.3 is 4.90 Å². The number of halogens is 1. The van der Waals surface area contributed by atoms with Crippen LogP contribution in [-0.4, -0.2) is 28.0 Å². The SMILES string of the molecule is Cc1ccc(CN(C(=O)c2ccc(N=Cc3cccs3)cc2)C2Cc3ccccc3C2)c(Cl)n1. The normalized spacial score (nSPS) is 13.4. The van der Waals surface area contributed by atoms with Crippen LogP contribution in [0.2, 0.25) is 5.15 Å². The summed E-state index contributed by atoms with van der Waals surface area (Å²) in [6, 6.07) is 23.9. The number of thiophene rings is 1. The number of amides is 1. The van der Waals surface area contributed by atoms with E-state index >= 15 is 0 Å². The summed E-state index contributed by atoms with van der Waals surface area (Å²) in [6.45, 7) is 2.33. The molecule has 0 spiro atoms. The molecular formula is C28H24ClN3OS. The van der Waals surface area contributed by atoms with E-state index in [2.05, 4.69) is 34.2 Å². The van der Waals surface area contributed by atoms with Crippen LogP contribution in [0.15, 0.2) is 83.2 Å². The third-order valence-electron chi connectivity index (χ3n) is 6.14. The lowest BCUT2D eigenvalue weighted by atomic mass is 10.1. The molecule has 0 saturated carbocycles. The summed E-state index contributed by atoms with van der Waals surface area (Å²) in [5.74, 6) is -0.0109. The summed E-state index contributed by atoms with van der Waals surface area (Å²) >= 11 is 8.09. The van der Waals surface area contributed by atoms with E-state index in [-0.39, 0.29) is 11.9 Å². The van der Waals surface area contributed by atoms with Gasteiger partial charge in [-0.25, -0.2) is 4.98 Å². The Morgan fingerprint density at radius 1 is 1.06 bits per heavy atom. The number of aryl methyl sites for hydroxylation is 1. The molecule has 0 fully saturated rings. The van der Waals surface area contributed by atoms with Crippen molar-refractivity contribution in [3.63, 3.8) is 0 Å². The molecule has 1 aliphatic rings. The first kappa shape index (κ1) is 22.5. The van der Waals surface area contributed by atoms with Gasteiger partial charge in [0.2, 0.25) is 0 Å². The van der Waals surface area contributed by atoms with E-state index in [0.717, 1.165) is 34.7 Å². The second kappa shape index (κ2) is 9.92. The Morgan fingerprint density at radius 3 is 2.44 bits per heavy atom. The van der Waals surface area contributed by atoms with Crippen molar-refractivity contribution in [2.45, 2.75) is 32.4 Å². The first-order valence-electron chi connectivity index (χ1n) is 11.2. The number of rotatable bonds is 6. The monoisotopic (exact) mass is 485 g/mol. The van der Waals surface area contributed by atoms with Crippen LogP contribution in [-0.2, 0) is 19.4 Å². The smallest absolute Gasteiger partial charge is 0.254 e. The minimum Gasteiger partial charge on any atom is -0.331 e. The average Bonchev–Trinajstić information content (AvgIpc) is 3.52. The minimum atomic E-state index is -0.0109. The second-order valence-corrected chi connectivity index (χ2v) is 9.82. The quantitative estimate of drug-likeness (QED) is 0.226. The van der Waals surface area contributed by atoms with Crippen molar-refractivity contribution >= 4 is 40.7 Å². The van der Waals surface area contributed by atoms with E-state index < -0.39 is 0 Å². The summed E-state index contributed by atoms with van der Waals surface area (Å²) in [5, 5.41) is 2.47. The van der Waals surface area contributed by atoms with E-state index in [4.69, 9.17) is 11.6 Å². The topological polar surface area (TPSA) is 45.6 Å². The van der Waals surface area contributed by atoms with Crippen LogP contribution >= 0.6 is 22.9 Å². The van der Waals surface area contributed by atoms with Gasteiger partial charge in [0.05, 0.1) is 5.69 Å². The summed E-state index contributed by atoms with van der Waals surface area (Å²) in [4.78, 5) is 25.7. The summed E-state index contributed by atoms with van der Waals surface area (Å²) in [5.41, 5.74) is 5.78. The first-order valence-corrected chi connectivity index (χ1v) is 12.5. The van der Waals surface area contributed by atoms with E-state index in [1.54, 1.807) is 11.3 Å². The molecule has 0 saturated heterocycles. The number of fused-ring (bicyclic) bond motifs is 1. The Bertz CT molecular complexity index is 1310. The van der Waals surface area contributed by atoms with Crippen LogP contribution in [0.3, 0.4) is 0 Å². The Kier molecular flexibility index (Phi) is 6.57. The Balaban J connectivity index is 1.40. The average molecular weight is 486 g/mol. The number of benzene rings is 2. The van der Waals surface area contributed by atoms with Gasteiger partial charge in [0.25, 0.3) is 5.91 Å². The lowest BCUT2D eigenvalue weighted by Crippen LogP contribution is -2.40. The van der Waals surface area contributed by atoms with Gasteiger partial charge in [-0.05, 0) is 72.7 Å². The molecule has 4 nitrogen and oxygen atoms in total. The first-order chi connectivity index (χ1) is 16.6. The molecule has 6 heteroatoms. The molecule has 0 N–H and O–H groups in total. The number of hydrogen-bond acceptors (Lipinski definition) is 4. The summed E-state index contributed by atoms with van der Waals surface area (Å²) < 4.78 is 0. The lowest BCUT2D eigenvalue weighted by Gasteiger charge is -2.29. The lowest BCUT2D eigenvalue weighted by molar-refractivity contribution is 0.0668. The van der Waals surface area contributed by atoms with Crippen LogP contribution in [0, 0.1) is 6.92 Å². The Hall–Kier alpha value is -3.28. The maximum atomic E-state index is 13.7. The Labute approximate surface area is 208 Å². The molecule has 0 radical (unpaired) electrons. The zero-order valence-corrected chi connectivity index (χ0v) is 20.4. The van der Waals surface area contributed by atoms with Crippen molar-refractivity contribution in [3.05, 3.63) is 116 Å². The highest BCUT2D eigenvalue weighted by Gasteiger charge is 2.31. The highest BCUT2D eigenvalue weighted by atomic mass is 35.5. The number of hydrogen-bond donors (Lipinski definition) is 0. The fourth-order valence-corrected chi connectivity index (χ4v) is 5.18. The van der Waals surface area contributed by atoms with Crippen LogP contribution in [0.1, 0.15) is 37.6 Å². The van der Waals surface area contributed by atoms with Gasteiger partial charge in [0, 0.05) is 40.5 Å². The highest BCUT2D eigenvalue weighted by Crippen LogP contribution is 2.29. The molecule has 0 bridgehead atoms. The van der Waals surface area contributed by atoms with E-state index in [1.165, 1.54) is 11.1 Å². The molecule has 2 aromatic heterocycles. The van der Waals surface area contributed by atoms with Gasteiger partial charge in [-0.15, -0.1) is 11.3 Å². The number of aromatic nitrogens is 1. The van der Waals surface area contributed by atoms with Crippen molar-refractivity contribution in [3.8, 4) is 0 Å². The number of carbonyl (C=O) groups is 1. The predicted molar refractivity (Wildman–Crippen MR) is 140 cm³/mol. The van der Waals surface area contributed by atoms with Crippen LogP contribution in [0.5, 0.6) is 0 Å². The molecule has 2 heterocycles. The number of carbonyl (C=O) groups excluding carboxylic acids is 1. The fourth-order valence-electron chi connectivity index (χ4n) is 4.34. The largest absolute Gasteiger partial charge is 0.331 e. The van der Waals surface area contributed by atoms with Gasteiger partial charge >= 0.3 is 0 Å². The highest BCUT2D eigenvalue weighted by molar-refractivity contribution is 7.11. The third-order valence-corrected chi connectivity index (χ3v) is 7.27. The van der Waals surface area contributed by atoms with Gasteiger partial charge in [0.15, 0.2) is 0 Å². The second-order valence-electron chi connectivity index (χ2n) is 8.49. The molecule has 1 aliphatic carbocycles. The maximum Gasteiger partial charge on any atom is 0.254 e. The van der Waals surface area contributed by atoms with Crippen molar-refractivity contribution in [2.75, 3.05) is 0 Å². The molecule has 4 aromatic rings. The zero-order chi connectivity index (χ0) is 23.5. The third kappa shape index (κ3) is 4.96. The van der Waals surface area contributed by atoms with Gasteiger partial charge in [-0.1, -0.05) is 48.0 Å². The van der Waals surface area contributed by atoms with Gasteiger partial charge in [-0.3, -0.25) is 9.79 Å². The van der Waals surface area contributed by atoms with Crippen molar-refractivity contribution < 1.29 is 4.79 Å². The van der Waals surface area contributed by atoms with Gasteiger partial charge in [-0.2, -0.15) is 0 Å². The van der Waals surface area contributed by atoms with Crippen LogP contribution in [0.4, 0.5) is 5.69 Å². The van der Waals surface area contributed by atoms with E-state index in [0.29, 0.717) is 17.3 Å². The summed E-state index contributed by atoms with van der Waals surface area (Å²) in [6.07, 6.45) is 3.51. The summed E-state index contributed by atoms with van der Waals surface area (Å²) in [7, 11) is 0. The standard InChI is InChI=1S/C28H24ClN3OS/c1-19-8-9-23(27(29)31-19)18-32(25-15-21-5-2-3-6-22(21)16-25)28(33)20-10-12-24(13-11-20)30-17-26-7-4-14-34-26/h2-14,17,25H,15-16,18H2,1H3. The number of pyridine rings is 1. The zero-order valence-electron chi connectivity index (χ0n) is 18.8. The van der Waals surface area contributed by atoms with Crippen molar-refractivity contribution in [1.82, 2.24) is 9.88 Å². The molecule has 34 heavy (non-hydrogen) atoms. The number of aliphatic imine (C=N–C) groups is 1. The fraction of sp³-hybridized carbons (Fsp3) is 0.179. The van der Waals surface area contributed by atoms with Crippen LogP contribution < -0.4 is 0 Å². The molecule has 0 atom stereocenters.